The summed E-state index contributed by atoms with van der Waals surface area (Å²) in [7, 11) is 1.50. The van der Waals surface area contributed by atoms with Crippen molar-refractivity contribution in [2.75, 3.05) is 7.05 Å². The molecular formula is C25H24F5N3O2. The molecule has 3 aromatic rings. The van der Waals surface area contributed by atoms with Crippen LogP contribution < -0.4 is 15.4 Å². The van der Waals surface area contributed by atoms with Crippen LogP contribution in [0.1, 0.15) is 40.9 Å². The van der Waals surface area contributed by atoms with Crippen LogP contribution in [-0.4, -0.2) is 24.6 Å². The van der Waals surface area contributed by atoms with E-state index in [1.54, 1.807) is 36.4 Å². The van der Waals surface area contributed by atoms with E-state index in [0.717, 1.165) is 12.3 Å². The zero-order valence-corrected chi connectivity index (χ0v) is 18.7. The summed E-state index contributed by atoms with van der Waals surface area (Å²) in [5.74, 6) is -0.353. The lowest BCUT2D eigenvalue weighted by atomic mass is 9.96. The van der Waals surface area contributed by atoms with Crippen molar-refractivity contribution in [2.24, 2.45) is 0 Å². The highest BCUT2D eigenvalue weighted by molar-refractivity contribution is 5.83. The van der Waals surface area contributed by atoms with Crippen LogP contribution in [0.2, 0.25) is 0 Å². The van der Waals surface area contributed by atoms with Gasteiger partial charge in [-0.15, -0.1) is 0 Å². The third-order valence-electron chi connectivity index (χ3n) is 5.33. The maximum Gasteiger partial charge on any atom is 0.433 e. The monoisotopic (exact) mass is 493 g/mol. The third-order valence-corrected chi connectivity index (χ3v) is 5.33. The predicted molar refractivity (Wildman–Crippen MR) is 120 cm³/mol. The molecule has 5 nitrogen and oxygen atoms in total. The van der Waals surface area contributed by atoms with E-state index in [9.17, 15) is 26.7 Å². The zero-order valence-electron chi connectivity index (χ0n) is 18.7. The molecule has 0 aliphatic carbocycles. The summed E-state index contributed by atoms with van der Waals surface area (Å²) >= 11 is 0. The third kappa shape index (κ3) is 7.48. The van der Waals surface area contributed by atoms with Gasteiger partial charge in [-0.25, -0.2) is 0 Å². The van der Waals surface area contributed by atoms with Crippen LogP contribution >= 0.6 is 0 Å². The molecular weight excluding hydrogens is 469 g/mol. The molecule has 0 saturated carbocycles. The molecule has 0 saturated heterocycles. The van der Waals surface area contributed by atoms with Crippen molar-refractivity contribution in [3.8, 4) is 5.75 Å². The van der Waals surface area contributed by atoms with Gasteiger partial charge in [0.05, 0.1) is 0 Å². The average molecular weight is 493 g/mol. The van der Waals surface area contributed by atoms with Crippen LogP contribution in [0.4, 0.5) is 22.0 Å². The standard InChI is InChI=1S/C25H24F5N3O2/c1-31-23(34)22(17-6-3-2-4-7-17)33-20(18-8-5-9-19(14-18)35-24(26)27)12-10-16-11-13-21(32-15-16)25(28,29)30/h2-9,11,13-15,20,22,24,33H,10,12H2,1H3,(H,31,34)/t20-,22+/m1/s1. The van der Waals surface area contributed by atoms with Crippen molar-refractivity contribution in [2.45, 2.75) is 37.7 Å². The van der Waals surface area contributed by atoms with E-state index in [4.69, 9.17) is 0 Å². The maximum atomic E-state index is 12.8. The van der Waals surface area contributed by atoms with Gasteiger partial charge in [0.25, 0.3) is 0 Å². The highest BCUT2D eigenvalue weighted by Crippen LogP contribution is 2.29. The summed E-state index contributed by atoms with van der Waals surface area (Å²) in [6, 6.07) is 16.0. The Morgan fingerprint density at radius 2 is 1.71 bits per heavy atom. The SMILES string of the molecule is CNC(=O)[C@@H](N[C@H](CCc1ccc(C(F)(F)F)nc1)c1cccc(OC(F)F)c1)c1ccccc1. The lowest BCUT2D eigenvalue weighted by molar-refractivity contribution is -0.141. The number of ether oxygens (including phenoxy) is 1. The summed E-state index contributed by atoms with van der Waals surface area (Å²) in [4.78, 5) is 16.2. The number of likely N-dealkylation sites (N-methyl/N-ethyl adjacent to an activating group) is 1. The number of aromatic nitrogens is 1. The van der Waals surface area contributed by atoms with Crippen LogP contribution in [-0.2, 0) is 17.4 Å². The first kappa shape index (κ1) is 26.1. The summed E-state index contributed by atoms with van der Waals surface area (Å²) in [5.41, 5.74) is 0.832. The minimum atomic E-state index is -4.54. The van der Waals surface area contributed by atoms with Gasteiger partial charge in [-0.1, -0.05) is 48.5 Å². The number of nitrogens with one attached hydrogen (secondary N) is 2. The summed E-state index contributed by atoms with van der Waals surface area (Å²) in [6.07, 6.45) is -2.72. The van der Waals surface area contributed by atoms with E-state index < -0.39 is 30.6 Å². The minimum absolute atomic E-state index is 0.0447. The fourth-order valence-corrected chi connectivity index (χ4v) is 3.62. The molecule has 186 valence electrons. The normalized spacial score (nSPS) is 13.3. The van der Waals surface area contributed by atoms with Crippen molar-refractivity contribution in [3.63, 3.8) is 0 Å². The molecule has 1 aromatic heterocycles. The molecule has 2 aromatic carbocycles. The Kier molecular flexibility index (Phi) is 8.75. The highest BCUT2D eigenvalue weighted by atomic mass is 19.4. The number of nitrogens with zero attached hydrogens (tertiary/aromatic N) is 1. The molecule has 1 heterocycles. The number of pyridine rings is 1. The number of amides is 1. The summed E-state index contributed by atoms with van der Waals surface area (Å²) in [5, 5.41) is 5.88. The summed E-state index contributed by atoms with van der Waals surface area (Å²) < 4.78 is 68.5. The van der Waals surface area contributed by atoms with Crippen molar-refractivity contribution in [1.29, 1.82) is 0 Å². The first-order valence-electron chi connectivity index (χ1n) is 10.8. The molecule has 1 amide bonds. The van der Waals surface area contributed by atoms with Crippen LogP contribution in [0.25, 0.3) is 0 Å². The Morgan fingerprint density at radius 1 is 1.00 bits per heavy atom. The average Bonchev–Trinajstić information content (AvgIpc) is 2.84. The molecule has 0 unspecified atom stereocenters. The second-order valence-electron chi connectivity index (χ2n) is 7.72. The van der Waals surface area contributed by atoms with Gasteiger partial charge in [0.2, 0.25) is 5.91 Å². The van der Waals surface area contributed by atoms with E-state index in [0.29, 0.717) is 29.5 Å². The van der Waals surface area contributed by atoms with E-state index in [2.05, 4.69) is 20.4 Å². The van der Waals surface area contributed by atoms with Crippen molar-refractivity contribution >= 4 is 5.91 Å². The number of hydrogen-bond donors (Lipinski definition) is 2. The number of carbonyl (C=O) groups excluding carboxylic acids is 1. The Hall–Kier alpha value is -3.53. The number of hydrogen-bond acceptors (Lipinski definition) is 4. The van der Waals surface area contributed by atoms with Gasteiger partial charge in [-0.05, 0) is 47.7 Å². The van der Waals surface area contributed by atoms with Crippen LogP contribution in [0.5, 0.6) is 5.75 Å². The Labute approximate surface area is 199 Å². The van der Waals surface area contributed by atoms with E-state index >= 15 is 0 Å². The van der Waals surface area contributed by atoms with Crippen molar-refractivity contribution in [3.05, 3.63) is 95.3 Å². The van der Waals surface area contributed by atoms with Gasteiger partial charge in [-0.3, -0.25) is 15.1 Å². The molecule has 3 rings (SSSR count). The van der Waals surface area contributed by atoms with Gasteiger partial charge in [0.15, 0.2) is 0 Å². The first-order valence-corrected chi connectivity index (χ1v) is 10.8. The van der Waals surface area contributed by atoms with Crippen molar-refractivity contribution < 1.29 is 31.5 Å². The molecule has 0 aliphatic rings. The van der Waals surface area contributed by atoms with E-state index in [1.165, 1.54) is 25.2 Å². The molecule has 2 N–H and O–H groups in total. The van der Waals surface area contributed by atoms with E-state index in [1.807, 2.05) is 6.07 Å². The Bertz CT molecular complexity index is 1090. The van der Waals surface area contributed by atoms with Gasteiger partial charge in [0, 0.05) is 19.3 Å². The number of aryl methyl sites for hydroxylation is 1. The fraction of sp³-hybridized carbons (Fsp3) is 0.280. The second kappa shape index (κ2) is 11.7. The maximum absolute atomic E-state index is 12.8. The smallest absolute Gasteiger partial charge is 0.433 e. The first-order chi connectivity index (χ1) is 16.7. The topological polar surface area (TPSA) is 63.2 Å². The van der Waals surface area contributed by atoms with Crippen molar-refractivity contribution in [1.82, 2.24) is 15.6 Å². The fourth-order valence-electron chi connectivity index (χ4n) is 3.62. The molecule has 0 radical (unpaired) electrons. The number of alkyl halides is 5. The van der Waals surface area contributed by atoms with Crippen LogP contribution in [0.15, 0.2) is 72.9 Å². The molecule has 0 fully saturated rings. The molecule has 0 bridgehead atoms. The molecule has 0 aliphatic heterocycles. The lowest BCUT2D eigenvalue weighted by Gasteiger charge is -2.26. The molecule has 0 spiro atoms. The van der Waals surface area contributed by atoms with Gasteiger partial charge < -0.3 is 10.1 Å². The van der Waals surface area contributed by atoms with Crippen LogP contribution in [0.3, 0.4) is 0 Å². The predicted octanol–water partition coefficient (Wildman–Crippen LogP) is 5.45. The quantitative estimate of drug-likeness (QED) is 0.369. The number of halogens is 5. The van der Waals surface area contributed by atoms with E-state index in [-0.39, 0.29) is 11.7 Å². The molecule has 2 atom stereocenters. The van der Waals surface area contributed by atoms with Gasteiger partial charge in [-0.2, -0.15) is 22.0 Å². The van der Waals surface area contributed by atoms with Gasteiger partial charge in [0.1, 0.15) is 17.5 Å². The highest BCUT2D eigenvalue weighted by Gasteiger charge is 2.32. The zero-order chi connectivity index (χ0) is 25.4. The Morgan fingerprint density at radius 3 is 2.31 bits per heavy atom. The van der Waals surface area contributed by atoms with Crippen LogP contribution in [0, 0.1) is 0 Å². The molecule has 10 heteroatoms. The Balaban J connectivity index is 1.88. The number of carbonyl (C=O) groups is 1. The molecule has 35 heavy (non-hydrogen) atoms. The summed E-state index contributed by atoms with van der Waals surface area (Å²) in [6.45, 7) is -3.00. The lowest BCUT2D eigenvalue weighted by Crippen LogP contribution is -2.38. The number of rotatable bonds is 10. The second-order valence-corrected chi connectivity index (χ2v) is 7.72. The number of benzene rings is 2. The minimum Gasteiger partial charge on any atom is -0.435 e. The largest absolute Gasteiger partial charge is 0.435 e. The van der Waals surface area contributed by atoms with Gasteiger partial charge >= 0.3 is 12.8 Å².